The highest BCUT2D eigenvalue weighted by molar-refractivity contribution is 9.10. The fraction of sp³-hybridized carbons (Fsp3) is 0.350. The summed E-state index contributed by atoms with van der Waals surface area (Å²) in [5.41, 5.74) is 0.454. The molecule has 0 bridgehead atoms. The maximum atomic E-state index is 13.2. The lowest BCUT2D eigenvalue weighted by molar-refractivity contribution is -0.145. The van der Waals surface area contributed by atoms with E-state index >= 15 is 0 Å². The number of carboxylic acids is 1. The smallest absolute Gasteiger partial charge is 0.416 e. The summed E-state index contributed by atoms with van der Waals surface area (Å²) in [7, 11) is 0. The normalized spacial score (nSPS) is 19.6. The van der Waals surface area contributed by atoms with E-state index in [9.17, 15) is 23.1 Å². The molecule has 1 fully saturated rings. The van der Waals surface area contributed by atoms with Crippen LogP contribution in [0.1, 0.15) is 42.0 Å². The topological polar surface area (TPSA) is 40.5 Å². The van der Waals surface area contributed by atoms with Gasteiger partial charge in [-0.3, -0.25) is 9.69 Å². The van der Waals surface area contributed by atoms with Crippen molar-refractivity contribution in [1.82, 2.24) is 4.90 Å². The van der Waals surface area contributed by atoms with Crippen LogP contribution in [0.5, 0.6) is 0 Å². The Bertz CT molecular complexity index is 825. The van der Waals surface area contributed by atoms with E-state index in [0.29, 0.717) is 18.5 Å². The molecule has 1 heterocycles. The van der Waals surface area contributed by atoms with E-state index in [0.717, 1.165) is 35.0 Å². The average Bonchev–Trinajstić information content (AvgIpc) is 2.63. The number of benzene rings is 2. The number of likely N-dealkylation sites (tertiary alicyclic amines) is 1. The number of hydrogen-bond donors (Lipinski definition) is 1. The molecule has 3 rings (SSSR count). The molecule has 2 aromatic carbocycles. The second-order valence-corrected chi connectivity index (χ2v) is 7.49. The number of aliphatic carboxylic acids is 1. The summed E-state index contributed by atoms with van der Waals surface area (Å²) >= 11 is 3.48. The van der Waals surface area contributed by atoms with Gasteiger partial charge in [0.05, 0.1) is 11.6 Å². The molecule has 1 aliphatic heterocycles. The summed E-state index contributed by atoms with van der Waals surface area (Å²) in [5.74, 6) is -0.946. The van der Waals surface area contributed by atoms with Gasteiger partial charge in [-0.1, -0.05) is 52.7 Å². The minimum Gasteiger partial charge on any atom is -0.480 e. The first-order valence-electron chi connectivity index (χ1n) is 8.69. The van der Waals surface area contributed by atoms with Gasteiger partial charge in [0.1, 0.15) is 6.04 Å². The molecule has 144 valence electrons. The van der Waals surface area contributed by atoms with Gasteiger partial charge in [0.25, 0.3) is 0 Å². The van der Waals surface area contributed by atoms with Crippen molar-refractivity contribution < 1.29 is 23.1 Å². The zero-order valence-corrected chi connectivity index (χ0v) is 16.0. The lowest BCUT2D eigenvalue weighted by atomic mass is 9.91. The molecule has 27 heavy (non-hydrogen) atoms. The van der Waals surface area contributed by atoms with Crippen molar-refractivity contribution in [2.45, 2.75) is 37.5 Å². The van der Waals surface area contributed by atoms with Crippen molar-refractivity contribution in [3.05, 3.63) is 69.7 Å². The number of alkyl halides is 3. The molecule has 0 spiro atoms. The monoisotopic (exact) mass is 441 g/mol. The van der Waals surface area contributed by atoms with E-state index in [1.165, 1.54) is 6.07 Å². The molecule has 0 amide bonds. The van der Waals surface area contributed by atoms with E-state index in [1.54, 1.807) is 17.0 Å². The molecule has 3 nitrogen and oxygen atoms in total. The quantitative estimate of drug-likeness (QED) is 0.681. The summed E-state index contributed by atoms with van der Waals surface area (Å²) in [6.45, 7) is 0.513. The van der Waals surface area contributed by atoms with Gasteiger partial charge in [0, 0.05) is 4.47 Å². The van der Waals surface area contributed by atoms with Crippen molar-refractivity contribution in [2.75, 3.05) is 6.54 Å². The molecule has 0 aliphatic carbocycles. The summed E-state index contributed by atoms with van der Waals surface area (Å²) in [6.07, 6.45) is -2.37. The number of carbonyl (C=O) groups is 1. The Balaban J connectivity index is 2.14. The third-order valence-corrected chi connectivity index (χ3v) is 5.61. The maximum absolute atomic E-state index is 13.2. The van der Waals surface area contributed by atoms with E-state index in [-0.39, 0.29) is 0 Å². The number of hydrogen-bond acceptors (Lipinski definition) is 2. The molecule has 2 atom stereocenters. The molecule has 2 unspecified atom stereocenters. The highest BCUT2D eigenvalue weighted by Gasteiger charge is 2.37. The van der Waals surface area contributed by atoms with Crippen molar-refractivity contribution in [2.24, 2.45) is 0 Å². The Labute approximate surface area is 163 Å². The standard InChI is InChI=1S/C20H19BrF3NO2/c21-16-9-2-1-8-15(16)18(25-11-4-3-10-17(25)19(26)27)13-6-5-7-14(12-13)20(22,23)24/h1-2,5-9,12,17-18H,3-4,10-11H2,(H,26,27). The molecular weight excluding hydrogens is 423 g/mol. The number of nitrogens with zero attached hydrogens (tertiary/aromatic N) is 1. The van der Waals surface area contributed by atoms with Gasteiger partial charge in [-0.05, 0) is 48.7 Å². The summed E-state index contributed by atoms with van der Waals surface area (Å²) in [6, 6.07) is 11.1. The first-order chi connectivity index (χ1) is 12.8. The Morgan fingerprint density at radius 1 is 1.15 bits per heavy atom. The fourth-order valence-corrected chi connectivity index (χ4v) is 4.16. The summed E-state index contributed by atoms with van der Waals surface area (Å²) in [5, 5.41) is 9.67. The molecule has 0 radical (unpaired) electrons. The molecular formula is C20H19BrF3NO2. The van der Waals surface area contributed by atoms with Crippen LogP contribution in [-0.2, 0) is 11.0 Å². The first-order valence-corrected chi connectivity index (χ1v) is 9.48. The first kappa shape index (κ1) is 19.9. The van der Waals surface area contributed by atoms with Crippen molar-refractivity contribution in [3.8, 4) is 0 Å². The van der Waals surface area contributed by atoms with Gasteiger partial charge in [-0.15, -0.1) is 0 Å². The number of rotatable bonds is 4. The zero-order valence-electron chi connectivity index (χ0n) is 14.4. The highest BCUT2D eigenvalue weighted by atomic mass is 79.9. The van der Waals surface area contributed by atoms with Crippen LogP contribution in [0.4, 0.5) is 13.2 Å². The SMILES string of the molecule is O=C(O)C1CCCCN1C(c1cccc(C(F)(F)F)c1)c1ccccc1Br. The lowest BCUT2D eigenvalue weighted by Crippen LogP contribution is -2.47. The van der Waals surface area contributed by atoms with E-state index in [2.05, 4.69) is 15.9 Å². The summed E-state index contributed by atoms with van der Waals surface area (Å²) < 4.78 is 40.5. The second kappa shape index (κ2) is 8.02. The molecule has 0 saturated carbocycles. The van der Waals surface area contributed by atoms with Gasteiger partial charge in [0.2, 0.25) is 0 Å². The predicted molar refractivity (Wildman–Crippen MR) is 99.4 cm³/mol. The lowest BCUT2D eigenvalue weighted by Gasteiger charge is -2.40. The predicted octanol–water partition coefficient (Wildman–Crippen LogP) is 5.50. The van der Waals surface area contributed by atoms with Crippen LogP contribution in [0.15, 0.2) is 53.0 Å². The molecule has 7 heteroatoms. The Morgan fingerprint density at radius 2 is 1.89 bits per heavy atom. The van der Waals surface area contributed by atoms with E-state index in [4.69, 9.17) is 0 Å². The minimum absolute atomic E-state index is 0.435. The van der Waals surface area contributed by atoms with Crippen molar-refractivity contribution in [1.29, 1.82) is 0 Å². The Hall–Kier alpha value is -1.86. The minimum atomic E-state index is -4.46. The Morgan fingerprint density at radius 3 is 2.56 bits per heavy atom. The van der Waals surface area contributed by atoms with Crippen LogP contribution >= 0.6 is 15.9 Å². The molecule has 0 aromatic heterocycles. The van der Waals surface area contributed by atoms with Crippen molar-refractivity contribution in [3.63, 3.8) is 0 Å². The number of piperidine rings is 1. The van der Waals surface area contributed by atoms with Gasteiger partial charge in [-0.25, -0.2) is 0 Å². The number of carboxylic acid groups (broad SMARTS) is 1. The molecule has 2 aromatic rings. The molecule has 1 N–H and O–H groups in total. The maximum Gasteiger partial charge on any atom is 0.416 e. The van der Waals surface area contributed by atoms with Crippen LogP contribution in [0.25, 0.3) is 0 Å². The molecule has 1 saturated heterocycles. The largest absolute Gasteiger partial charge is 0.480 e. The van der Waals surface area contributed by atoms with Gasteiger partial charge >= 0.3 is 12.1 Å². The van der Waals surface area contributed by atoms with Gasteiger partial charge in [0.15, 0.2) is 0 Å². The highest BCUT2D eigenvalue weighted by Crippen LogP contribution is 2.39. The third kappa shape index (κ3) is 4.35. The van der Waals surface area contributed by atoms with Gasteiger partial charge < -0.3 is 5.11 Å². The zero-order chi connectivity index (χ0) is 19.6. The second-order valence-electron chi connectivity index (χ2n) is 6.63. The summed E-state index contributed by atoms with van der Waals surface area (Å²) in [4.78, 5) is 13.6. The van der Waals surface area contributed by atoms with Crippen molar-refractivity contribution >= 4 is 21.9 Å². The van der Waals surface area contributed by atoms with Crippen LogP contribution in [0, 0.1) is 0 Å². The van der Waals surface area contributed by atoms with Crippen LogP contribution < -0.4 is 0 Å². The van der Waals surface area contributed by atoms with E-state index < -0.39 is 29.8 Å². The van der Waals surface area contributed by atoms with E-state index in [1.807, 2.05) is 18.2 Å². The Kier molecular flexibility index (Phi) is 5.91. The molecule has 1 aliphatic rings. The number of halogens is 4. The fourth-order valence-electron chi connectivity index (χ4n) is 3.66. The van der Waals surface area contributed by atoms with Crippen LogP contribution in [-0.4, -0.2) is 28.6 Å². The third-order valence-electron chi connectivity index (χ3n) is 4.89. The average molecular weight is 442 g/mol. The van der Waals surface area contributed by atoms with Crippen LogP contribution in [0.3, 0.4) is 0 Å². The van der Waals surface area contributed by atoms with Gasteiger partial charge in [-0.2, -0.15) is 13.2 Å². The van der Waals surface area contributed by atoms with Crippen LogP contribution in [0.2, 0.25) is 0 Å².